The zero-order valence-electron chi connectivity index (χ0n) is 16.0. The van der Waals surface area contributed by atoms with Gasteiger partial charge in [0.05, 0.1) is 12.4 Å². The first kappa shape index (κ1) is 21.3. The molecule has 1 saturated heterocycles. The van der Waals surface area contributed by atoms with Crippen molar-refractivity contribution in [3.63, 3.8) is 0 Å². The maximum atomic E-state index is 12.7. The number of aromatic nitrogens is 2. The van der Waals surface area contributed by atoms with Crippen molar-refractivity contribution in [1.29, 1.82) is 0 Å². The number of hydrogen-bond donors (Lipinski definition) is 3. The molecule has 2 fully saturated rings. The molecule has 1 aliphatic carbocycles. The molecule has 0 aromatic carbocycles. The van der Waals surface area contributed by atoms with E-state index >= 15 is 0 Å². The number of imide groups is 1. The van der Waals surface area contributed by atoms with Crippen molar-refractivity contribution in [3.8, 4) is 0 Å². The highest BCUT2D eigenvalue weighted by Crippen LogP contribution is 2.35. The van der Waals surface area contributed by atoms with E-state index in [2.05, 4.69) is 33.2 Å². The van der Waals surface area contributed by atoms with Crippen molar-refractivity contribution in [2.45, 2.75) is 49.4 Å². The van der Waals surface area contributed by atoms with E-state index in [0.29, 0.717) is 23.1 Å². The first-order chi connectivity index (χ1) is 13.8. The van der Waals surface area contributed by atoms with Crippen LogP contribution in [0.25, 0.3) is 0 Å². The third-order valence-corrected chi connectivity index (χ3v) is 6.72. The summed E-state index contributed by atoms with van der Waals surface area (Å²) in [6, 6.07) is -0.611. The Labute approximate surface area is 175 Å². The van der Waals surface area contributed by atoms with Gasteiger partial charge in [-0.05, 0) is 38.5 Å². The number of rotatable bonds is 6. The Kier molecular flexibility index (Phi) is 6.57. The van der Waals surface area contributed by atoms with E-state index in [0.717, 1.165) is 40.9 Å². The summed E-state index contributed by atoms with van der Waals surface area (Å²) in [5.41, 5.74) is 1.46. The molecule has 158 valence electrons. The van der Waals surface area contributed by atoms with E-state index in [9.17, 15) is 19.2 Å². The van der Waals surface area contributed by atoms with Gasteiger partial charge < -0.3 is 10.1 Å². The molecular formula is C16H22N6O5S2. The SMILES string of the molecule is CCOC(=O)Nc1nnc(SCC(=O)NN2C(=O)NC3(CCC(C)CC3)C2=O)s1. The minimum atomic E-state index is -0.906. The number of thioether (sulfide) groups is 1. The summed E-state index contributed by atoms with van der Waals surface area (Å²) < 4.78 is 5.19. The Morgan fingerprint density at radius 2 is 2.07 bits per heavy atom. The number of nitrogens with one attached hydrogen (secondary N) is 3. The molecule has 1 saturated carbocycles. The van der Waals surface area contributed by atoms with Gasteiger partial charge >= 0.3 is 12.1 Å². The Morgan fingerprint density at radius 1 is 1.34 bits per heavy atom. The van der Waals surface area contributed by atoms with Gasteiger partial charge in [0.2, 0.25) is 11.0 Å². The van der Waals surface area contributed by atoms with Crippen molar-refractivity contribution >= 4 is 52.2 Å². The molecule has 5 amide bonds. The van der Waals surface area contributed by atoms with E-state index in [4.69, 9.17) is 4.74 Å². The third kappa shape index (κ3) is 4.96. The Bertz CT molecular complexity index is 807. The van der Waals surface area contributed by atoms with Crippen LogP contribution in [-0.4, -0.2) is 57.0 Å². The number of anilines is 1. The number of nitrogens with zero attached hydrogens (tertiary/aromatic N) is 3. The van der Waals surface area contributed by atoms with Crippen LogP contribution >= 0.6 is 23.1 Å². The van der Waals surface area contributed by atoms with Crippen molar-refractivity contribution < 1.29 is 23.9 Å². The maximum Gasteiger partial charge on any atom is 0.413 e. The highest BCUT2D eigenvalue weighted by Gasteiger charge is 2.52. The molecule has 0 atom stereocenters. The molecule has 1 aliphatic heterocycles. The fraction of sp³-hybridized carbons (Fsp3) is 0.625. The Balaban J connectivity index is 1.50. The lowest BCUT2D eigenvalue weighted by Gasteiger charge is -2.33. The topological polar surface area (TPSA) is 143 Å². The number of carbonyl (C=O) groups excluding carboxylic acids is 4. The molecule has 1 spiro atoms. The van der Waals surface area contributed by atoms with Gasteiger partial charge in [0.25, 0.3) is 5.91 Å². The second-order valence-electron chi connectivity index (χ2n) is 6.88. The Hall–Kier alpha value is -2.41. The summed E-state index contributed by atoms with van der Waals surface area (Å²) >= 11 is 2.15. The van der Waals surface area contributed by atoms with Crippen LogP contribution in [-0.2, 0) is 14.3 Å². The van der Waals surface area contributed by atoms with Crippen LogP contribution in [0.3, 0.4) is 0 Å². The molecule has 3 N–H and O–H groups in total. The summed E-state index contributed by atoms with van der Waals surface area (Å²) in [6.45, 7) is 4.03. The molecule has 1 aromatic rings. The monoisotopic (exact) mass is 442 g/mol. The number of amides is 5. The summed E-state index contributed by atoms with van der Waals surface area (Å²) in [6.07, 6.45) is 2.20. The predicted molar refractivity (Wildman–Crippen MR) is 105 cm³/mol. The first-order valence-corrected chi connectivity index (χ1v) is 11.0. The van der Waals surface area contributed by atoms with Crippen LogP contribution in [0.4, 0.5) is 14.7 Å². The molecule has 29 heavy (non-hydrogen) atoms. The lowest BCUT2D eigenvalue weighted by molar-refractivity contribution is -0.139. The van der Waals surface area contributed by atoms with E-state index in [1.165, 1.54) is 0 Å². The number of hydrazine groups is 1. The smallest absolute Gasteiger partial charge is 0.413 e. The molecule has 0 radical (unpaired) electrons. The average molecular weight is 443 g/mol. The molecule has 1 aromatic heterocycles. The van der Waals surface area contributed by atoms with Gasteiger partial charge in [-0.1, -0.05) is 30.0 Å². The quantitative estimate of drug-likeness (QED) is 0.343. The van der Waals surface area contributed by atoms with Crippen LogP contribution in [0.1, 0.15) is 39.5 Å². The predicted octanol–water partition coefficient (Wildman–Crippen LogP) is 1.73. The van der Waals surface area contributed by atoms with Gasteiger partial charge in [0, 0.05) is 0 Å². The van der Waals surface area contributed by atoms with Crippen LogP contribution in [0, 0.1) is 5.92 Å². The fourth-order valence-corrected chi connectivity index (χ4v) is 4.70. The molecular weight excluding hydrogens is 420 g/mol. The molecule has 11 nitrogen and oxygen atoms in total. The largest absolute Gasteiger partial charge is 0.450 e. The van der Waals surface area contributed by atoms with E-state index in [1.54, 1.807) is 6.92 Å². The van der Waals surface area contributed by atoms with Crippen molar-refractivity contribution in [1.82, 2.24) is 25.9 Å². The number of hydrogen-bond acceptors (Lipinski definition) is 9. The van der Waals surface area contributed by atoms with E-state index < -0.39 is 29.5 Å². The highest BCUT2D eigenvalue weighted by atomic mass is 32.2. The standard InChI is InChI=1S/C16H22N6O5S2/c1-3-27-14(26)17-12-19-20-15(29-12)28-8-10(23)21-22-11(24)16(18-13(22)25)6-4-9(2)5-7-16/h9H,3-8H2,1-2H3,(H,18,25)(H,21,23)(H,17,19,26). The molecule has 2 heterocycles. The second-order valence-corrected chi connectivity index (χ2v) is 9.08. The van der Waals surface area contributed by atoms with Crippen molar-refractivity contribution in [2.75, 3.05) is 17.7 Å². The van der Waals surface area contributed by atoms with Gasteiger partial charge in [-0.15, -0.1) is 10.2 Å². The highest BCUT2D eigenvalue weighted by molar-refractivity contribution is 8.01. The van der Waals surface area contributed by atoms with Gasteiger partial charge in [-0.2, -0.15) is 5.01 Å². The van der Waals surface area contributed by atoms with Crippen LogP contribution in [0.15, 0.2) is 4.34 Å². The maximum absolute atomic E-state index is 12.7. The van der Waals surface area contributed by atoms with Crippen molar-refractivity contribution in [2.24, 2.45) is 5.92 Å². The van der Waals surface area contributed by atoms with Crippen LogP contribution in [0.5, 0.6) is 0 Å². The summed E-state index contributed by atoms with van der Waals surface area (Å²) in [7, 11) is 0. The zero-order valence-corrected chi connectivity index (χ0v) is 17.7. The van der Waals surface area contributed by atoms with E-state index in [-0.39, 0.29) is 17.5 Å². The lowest BCUT2D eigenvalue weighted by Crippen LogP contribution is -2.51. The van der Waals surface area contributed by atoms with Crippen molar-refractivity contribution in [3.05, 3.63) is 0 Å². The molecule has 0 bridgehead atoms. The molecule has 2 aliphatic rings. The number of ether oxygens (including phenoxy) is 1. The summed E-state index contributed by atoms with van der Waals surface area (Å²) in [5, 5.41) is 13.8. The second kappa shape index (κ2) is 8.95. The summed E-state index contributed by atoms with van der Waals surface area (Å²) in [4.78, 5) is 48.5. The molecule has 0 unspecified atom stereocenters. The normalized spacial score (nSPS) is 23.8. The minimum Gasteiger partial charge on any atom is -0.450 e. The Morgan fingerprint density at radius 3 is 2.76 bits per heavy atom. The van der Waals surface area contributed by atoms with Gasteiger partial charge in [0.1, 0.15) is 5.54 Å². The van der Waals surface area contributed by atoms with Gasteiger partial charge in [-0.3, -0.25) is 20.3 Å². The average Bonchev–Trinajstić information content (AvgIpc) is 3.21. The number of carbonyl (C=O) groups is 4. The van der Waals surface area contributed by atoms with Crippen LogP contribution in [0.2, 0.25) is 0 Å². The summed E-state index contributed by atoms with van der Waals surface area (Å²) in [5.74, 6) is -0.491. The third-order valence-electron chi connectivity index (χ3n) is 4.74. The molecule has 3 rings (SSSR count). The van der Waals surface area contributed by atoms with Crippen LogP contribution < -0.4 is 16.1 Å². The van der Waals surface area contributed by atoms with Gasteiger partial charge in [0.15, 0.2) is 4.34 Å². The van der Waals surface area contributed by atoms with E-state index in [1.807, 2.05) is 0 Å². The fourth-order valence-electron chi connectivity index (χ4n) is 3.17. The molecule has 13 heteroatoms. The number of urea groups is 1. The van der Waals surface area contributed by atoms with Gasteiger partial charge in [-0.25, -0.2) is 9.59 Å². The zero-order chi connectivity index (χ0) is 21.0. The minimum absolute atomic E-state index is 0.0743. The lowest BCUT2D eigenvalue weighted by atomic mass is 9.77. The first-order valence-electron chi connectivity index (χ1n) is 9.19.